The first-order valence-electron chi connectivity index (χ1n) is 7.75. The molecule has 0 aliphatic heterocycles. The molecule has 1 aromatic rings. The average molecular weight is 321 g/mol. The number of carbonyl (C=O) groups is 1. The monoisotopic (exact) mass is 321 g/mol. The molecule has 1 saturated carbocycles. The molecule has 0 spiro atoms. The lowest BCUT2D eigenvalue weighted by atomic mass is 9.95. The van der Waals surface area contributed by atoms with E-state index in [1.807, 2.05) is 6.26 Å². The van der Waals surface area contributed by atoms with Crippen molar-refractivity contribution in [2.24, 2.45) is 0 Å². The maximum Gasteiger partial charge on any atom is 0.330 e. The zero-order chi connectivity index (χ0) is 15.8. The second-order valence-electron chi connectivity index (χ2n) is 5.23. The SMILES string of the molecule is CCOC(=O)C=Cc1cnc(SC)nc1NC1CCCCC1. The molecule has 120 valence electrons. The second kappa shape index (κ2) is 8.78. The second-order valence-corrected chi connectivity index (χ2v) is 6.00. The highest BCUT2D eigenvalue weighted by Gasteiger charge is 2.15. The minimum Gasteiger partial charge on any atom is -0.463 e. The van der Waals surface area contributed by atoms with Crippen molar-refractivity contribution in [2.75, 3.05) is 18.2 Å². The van der Waals surface area contributed by atoms with Crippen molar-refractivity contribution < 1.29 is 9.53 Å². The van der Waals surface area contributed by atoms with Crippen LogP contribution >= 0.6 is 11.8 Å². The van der Waals surface area contributed by atoms with Crippen LogP contribution in [0.15, 0.2) is 17.4 Å². The molecule has 0 saturated heterocycles. The summed E-state index contributed by atoms with van der Waals surface area (Å²) < 4.78 is 4.91. The highest BCUT2D eigenvalue weighted by atomic mass is 32.2. The third kappa shape index (κ3) is 5.02. The van der Waals surface area contributed by atoms with Crippen LogP contribution in [0.1, 0.15) is 44.6 Å². The molecule has 2 rings (SSSR count). The molecule has 1 aromatic heterocycles. The first kappa shape index (κ1) is 16.8. The maximum absolute atomic E-state index is 11.5. The van der Waals surface area contributed by atoms with Crippen LogP contribution in [0.3, 0.4) is 0 Å². The smallest absolute Gasteiger partial charge is 0.330 e. The lowest BCUT2D eigenvalue weighted by Gasteiger charge is -2.24. The Morgan fingerprint density at radius 2 is 2.23 bits per heavy atom. The van der Waals surface area contributed by atoms with E-state index in [0.717, 1.165) is 16.5 Å². The first-order valence-corrected chi connectivity index (χ1v) is 8.97. The Morgan fingerprint density at radius 1 is 1.45 bits per heavy atom. The molecule has 1 N–H and O–H groups in total. The summed E-state index contributed by atoms with van der Waals surface area (Å²) in [5.41, 5.74) is 0.816. The molecular weight excluding hydrogens is 298 g/mol. The minimum absolute atomic E-state index is 0.347. The molecule has 22 heavy (non-hydrogen) atoms. The quantitative estimate of drug-likeness (QED) is 0.374. The van der Waals surface area contributed by atoms with Crippen molar-refractivity contribution in [1.82, 2.24) is 9.97 Å². The fraction of sp³-hybridized carbons (Fsp3) is 0.562. The molecule has 0 atom stereocenters. The molecule has 0 bridgehead atoms. The standard InChI is InChI=1S/C16H23N3O2S/c1-3-21-14(20)10-9-12-11-17-16(22-2)19-15(12)18-13-7-5-4-6-8-13/h9-11,13H,3-8H2,1-2H3,(H,17,18,19). The van der Waals surface area contributed by atoms with Crippen LogP contribution in [0, 0.1) is 0 Å². The summed E-state index contributed by atoms with van der Waals surface area (Å²) in [4.78, 5) is 20.3. The summed E-state index contributed by atoms with van der Waals surface area (Å²) in [5.74, 6) is 0.451. The molecule has 0 radical (unpaired) electrons. The molecule has 0 unspecified atom stereocenters. The Kier molecular flexibility index (Phi) is 6.71. The van der Waals surface area contributed by atoms with E-state index in [4.69, 9.17) is 4.74 Å². The Bertz CT molecular complexity index is 528. The molecule has 0 amide bonds. The van der Waals surface area contributed by atoms with Gasteiger partial charge in [-0.1, -0.05) is 31.0 Å². The number of thioether (sulfide) groups is 1. The van der Waals surface area contributed by atoms with Gasteiger partial charge in [0.2, 0.25) is 0 Å². The fourth-order valence-electron chi connectivity index (χ4n) is 2.50. The molecule has 6 heteroatoms. The van der Waals surface area contributed by atoms with Gasteiger partial charge in [0.1, 0.15) is 5.82 Å². The van der Waals surface area contributed by atoms with Crippen LogP contribution < -0.4 is 5.32 Å². The largest absolute Gasteiger partial charge is 0.463 e. The zero-order valence-corrected chi connectivity index (χ0v) is 14.0. The van der Waals surface area contributed by atoms with Crippen LogP contribution in [-0.4, -0.2) is 34.8 Å². The van der Waals surface area contributed by atoms with Crippen molar-refractivity contribution in [2.45, 2.75) is 50.2 Å². The number of anilines is 1. The number of nitrogens with one attached hydrogen (secondary N) is 1. The summed E-state index contributed by atoms with van der Waals surface area (Å²) in [7, 11) is 0. The number of ether oxygens (including phenoxy) is 1. The molecule has 1 heterocycles. The van der Waals surface area contributed by atoms with Gasteiger partial charge in [-0.15, -0.1) is 0 Å². The third-order valence-corrected chi connectivity index (χ3v) is 4.17. The van der Waals surface area contributed by atoms with Crippen LogP contribution in [0.4, 0.5) is 5.82 Å². The van der Waals surface area contributed by atoms with E-state index < -0.39 is 0 Å². The van der Waals surface area contributed by atoms with Gasteiger partial charge < -0.3 is 10.1 Å². The topological polar surface area (TPSA) is 64.1 Å². The fourth-order valence-corrected chi connectivity index (χ4v) is 2.84. The number of nitrogens with zero attached hydrogens (tertiary/aromatic N) is 2. The Labute approximate surface area is 136 Å². The van der Waals surface area contributed by atoms with Gasteiger partial charge in [0.15, 0.2) is 5.16 Å². The number of hydrogen-bond donors (Lipinski definition) is 1. The van der Waals surface area contributed by atoms with Gasteiger partial charge in [-0.25, -0.2) is 14.8 Å². The third-order valence-electron chi connectivity index (χ3n) is 3.61. The van der Waals surface area contributed by atoms with Crippen molar-refractivity contribution in [1.29, 1.82) is 0 Å². The summed E-state index contributed by atoms with van der Waals surface area (Å²) >= 11 is 1.51. The van der Waals surface area contributed by atoms with E-state index in [0.29, 0.717) is 12.6 Å². The highest BCUT2D eigenvalue weighted by Crippen LogP contribution is 2.24. The van der Waals surface area contributed by atoms with Crippen LogP contribution in [0.2, 0.25) is 0 Å². The van der Waals surface area contributed by atoms with E-state index >= 15 is 0 Å². The van der Waals surface area contributed by atoms with Gasteiger partial charge in [0, 0.05) is 23.9 Å². The Hall–Kier alpha value is -1.56. The normalized spacial score (nSPS) is 15.9. The summed E-state index contributed by atoms with van der Waals surface area (Å²) in [6, 6.07) is 0.452. The lowest BCUT2D eigenvalue weighted by molar-refractivity contribution is -0.137. The Morgan fingerprint density at radius 3 is 2.91 bits per heavy atom. The van der Waals surface area contributed by atoms with E-state index in [-0.39, 0.29) is 5.97 Å². The van der Waals surface area contributed by atoms with Crippen LogP contribution in [0.25, 0.3) is 6.08 Å². The first-order chi connectivity index (χ1) is 10.7. The molecule has 1 aliphatic rings. The summed E-state index contributed by atoms with van der Waals surface area (Å²) in [6.45, 7) is 2.16. The summed E-state index contributed by atoms with van der Waals surface area (Å²) in [6.07, 6.45) is 13.0. The van der Waals surface area contributed by atoms with Gasteiger partial charge in [-0.3, -0.25) is 0 Å². The summed E-state index contributed by atoms with van der Waals surface area (Å²) in [5, 5.41) is 4.24. The zero-order valence-electron chi connectivity index (χ0n) is 13.2. The molecule has 0 aromatic carbocycles. The Balaban J connectivity index is 2.14. The molecule has 1 aliphatic carbocycles. The van der Waals surface area contributed by atoms with E-state index in [1.165, 1.54) is 49.9 Å². The van der Waals surface area contributed by atoms with Crippen LogP contribution in [-0.2, 0) is 9.53 Å². The average Bonchev–Trinajstić information content (AvgIpc) is 2.55. The van der Waals surface area contributed by atoms with E-state index in [1.54, 1.807) is 19.2 Å². The van der Waals surface area contributed by atoms with Crippen molar-refractivity contribution in [3.63, 3.8) is 0 Å². The van der Waals surface area contributed by atoms with Crippen molar-refractivity contribution in [3.8, 4) is 0 Å². The van der Waals surface area contributed by atoms with E-state index in [2.05, 4.69) is 15.3 Å². The minimum atomic E-state index is -0.347. The highest BCUT2D eigenvalue weighted by molar-refractivity contribution is 7.98. The lowest BCUT2D eigenvalue weighted by Crippen LogP contribution is -2.23. The molecule has 1 fully saturated rings. The predicted molar refractivity (Wildman–Crippen MR) is 90.0 cm³/mol. The molecular formula is C16H23N3O2S. The van der Waals surface area contributed by atoms with E-state index in [9.17, 15) is 4.79 Å². The van der Waals surface area contributed by atoms with Crippen molar-refractivity contribution in [3.05, 3.63) is 17.8 Å². The van der Waals surface area contributed by atoms with Gasteiger partial charge in [-0.05, 0) is 32.1 Å². The number of aromatic nitrogens is 2. The number of rotatable bonds is 6. The predicted octanol–water partition coefficient (Wildman–Crippen LogP) is 3.52. The van der Waals surface area contributed by atoms with Gasteiger partial charge in [-0.2, -0.15) is 0 Å². The molecule has 5 nitrogen and oxygen atoms in total. The number of hydrogen-bond acceptors (Lipinski definition) is 6. The number of esters is 1. The van der Waals surface area contributed by atoms with Gasteiger partial charge in [0.25, 0.3) is 0 Å². The maximum atomic E-state index is 11.5. The van der Waals surface area contributed by atoms with Crippen molar-refractivity contribution >= 4 is 29.6 Å². The van der Waals surface area contributed by atoms with Gasteiger partial charge >= 0.3 is 5.97 Å². The van der Waals surface area contributed by atoms with Gasteiger partial charge in [0.05, 0.1) is 6.61 Å². The van der Waals surface area contributed by atoms with Crippen LogP contribution in [0.5, 0.6) is 0 Å². The number of carbonyl (C=O) groups excluding carboxylic acids is 1.